The molecule has 0 unspecified atom stereocenters. The molecule has 8 heteroatoms. The maximum atomic E-state index is 13.3. The van der Waals surface area contributed by atoms with Crippen LogP contribution in [0.1, 0.15) is 18.5 Å². The molecular formula is C9H10F3N3O2. The fourth-order valence-corrected chi connectivity index (χ4v) is 1.96. The van der Waals surface area contributed by atoms with Crippen molar-refractivity contribution in [3.8, 4) is 0 Å². The van der Waals surface area contributed by atoms with Crippen molar-refractivity contribution in [1.82, 2.24) is 9.78 Å². The van der Waals surface area contributed by atoms with Gasteiger partial charge < -0.3 is 10.1 Å². The highest BCUT2D eigenvalue weighted by Crippen LogP contribution is 2.43. The summed E-state index contributed by atoms with van der Waals surface area (Å²) in [6, 6.07) is 0. The average Bonchev–Trinajstić information content (AvgIpc) is 2.43. The van der Waals surface area contributed by atoms with E-state index in [1.807, 2.05) is 0 Å². The van der Waals surface area contributed by atoms with Crippen molar-refractivity contribution in [3.63, 3.8) is 0 Å². The minimum absolute atomic E-state index is 0.00640. The van der Waals surface area contributed by atoms with Gasteiger partial charge in [0.2, 0.25) is 11.7 Å². The molecule has 0 saturated heterocycles. The molecule has 0 atom stereocenters. The average molecular weight is 249 g/mol. The summed E-state index contributed by atoms with van der Waals surface area (Å²) >= 11 is 0. The highest BCUT2D eigenvalue weighted by molar-refractivity contribution is 5.24. The molecule has 0 radical (unpaired) electrons. The number of aromatic nitrogens is 2. The predicted molar refractivity (Wildman–Crippen MR) is 51.2 cm³/mol. The van der Waals surface area contributed by atoms with Crippen LogP contribution in [0.15, 0.2) is 0 Å². The number of alkyl halides is 2. The van der Waals surface area contributed by atoms with E-state index in [1.165, 1.54) is 6.92 Å². The van der Waals surface area contributed by atoms with Crippen molar-refractivity contribution in [2.45, 2.75) is 32.2 Å². The van der Waals surface area contributed by atoms with E-state index in [9.17, 15) is 23.3 Å². The zero-order chi connectivity index (χ0) is 12.8. The maximum Gasteiger partial charge on any atom is 0.426 e. The van der Waals surface area contributed by atoms with E-state index in [1.54, 1.807) is 0 Å². The van der Waals surface area contributed by atoms with Crippen LogP contribution in [0.4, 0.5) is 19.0 Å². The second kappa shape index (κ2) is 3.71. The molecule has 17 heavy (non-hydrogen) atoms. The van der Waals surface area contributed by atoms with Crippen LogP contribution in [0.25, 0.3) is 0 Å². The number of nitro groups is 1. The summed E-state index contributed by atoms with van der Waals surface area (Å²) in [5, 5.41) is 13.9. The molecule has 2 rings (SSSR count). The van der Waals surface area contributed by atoms with Crippen LogP contribution in [0.3, 0.4) is 0 Å². The van der Waals surface area contributed by atoms with Gasteiger partial charge in [0.25, 0.3) is 0 Å². The molecule has 1 aliphatic carbocycles. The molecule has 1 aromatic rings. The normalized spacial score (nSPS) is 19.1. The zero-order valence-electron chi connectivity index (χ0n) is 8.99. The third kappa shape index (κ3) is 2.11. The number of hydrogen-bond acceptors (Lipinski definition) is 3. The van der Waals surface area contributed by atoms with Gasteiger partial charge in [0.05, 0.1) is 11.6 Å². The first-order valence-electron chi connectivity index (χ1n) is 5.05. The summed E-state index contributed by atoms with van der Waals surface area (Å²) < 4.78 is 39.6. The second-order valence-electron chi connectivity index (χ2n) is 4.29. The summed E-state index contributed by atoms with van der Waals surface area (Å²) in [6.45, 7) is 1.43. The standard InChI is InChI=1S/C9H10F3N3O2/c1-5-7(10)8(15(16)17)13-14(5)4-6-2-9(11,12)3-6/h6H,2-4H2,1H3. The van der Waals surface area contributed by atoms with E-state index < -0.39 is 22.5 Å². The Bertz CT molecular complexity index is 464. The van der Waals surface area contributed by atoms with Gasteiger partial charge in [0, 0.05) is 12.8 Å². The molecule has 0 amide bonds. The van der Waals surface area contributed by atoms with E-state index in [-0.39, 0.29) is 31.0 Å². The van der Waals surface area contributed by atoms with Gasteiger partial charge in [-0.15, -0.1) is 0 Å². The lowest BCUT2D eigenvalue weighted by Crippen LogP contribution is -2.38. The molecule has 1 saturated carbocycles. The lowest BCUT2D eigenvalue weighted by atomic mass is 9.81. The van der Waals surface area contributed by atoms with Crippen LogP contribution >= 0.6 is 0 Å². The molecule has 0 N–H and O–H groups in total. The Kier molecular flexibility index (Phi) is 2.59. The Balaban J connectivity index is 2.12. The van der Waals surface area contributed by atoms with E-state index >= 15 is 0 Å². The molecule has 0 spiro atoms. The molecule has 1 aromatic heterocycles. The third-order valence-corrected chi connectivity index (χ3v) is 2.90. The summed E-state index contributed by atoms with van der Waals surface area (Å²) in [5.41, 5.74) is 0.00640. The van der Waals surface area contributed by atoms with E-state index in [0.717, 1.165) is 4.68 Å². The van der Waals surface area contributed by atoms with Crippen molar-refractivity contribution < 1.29 is 18.1 Å². The van der Waals surface area contributed by atoms with Crippen molar-refractivity contribution in [2.24, 2.45) is 5.92 Å². The lowest BCUT2D eigenvalue weighted by Gasteiger charge is -2.34. The van der Waals surface area contributed by atoms with Gasteiger partial charge >= 0.3 is 5.82 Å². The fraction of sp³-hybridized carbons (Fsp3) is 0.667. The molecule has 0 bridgehead atoms. The molecule has 0 aromatic carbocycles. The predicted octanol–water partition coefficient (Wildman–Crippen LogP) is 2.28. The van der Waals surface area contributed by atoms with Gasteiger partial charge in [0.1, 0.15) is 5.69 Å². The zero-order valence-corrected chi connectivity index (χ0v) is 8.99. The van der Waals surface area contributed by atoms with Crippen LogP contribution in [-0.2, 0) is 6.54 Å². The molecular weight excluding hydrogens is 239 g/mol. The van der Waals surface area contributed by atoms with Crippen LogP contribution in [0.2, 0.25) is 0 Å². The smallest absolute Gasteiger partial charge is 0.358 e. The van der Waals surface area contributed by atoms with Gasteiger partial charge in [-0.05, 0) is 17.8 Å². The van der Waals surface area contributed by atoms with Crippen LogP contribution in [0, 0.1) is 28.8 Å². The van der Waals surface area contributed by atoms with Gasteiger partial charge in [-0.3, -0.25) is 0 Å². The first-order chi connectivity index (χ1) is 7.80. The lowest BCUT2D eigenvalue weighted by molar-refractivity contribution is -0.392. The Morgan fingerprint density at radius 1 is 1.59 bits per heavy atom. The molecule has 1 fully saturated rings. The summed E-state index contributed by atoms with van der Waals surface area (Å²) in [5.74, 6) is -4.81. The number of rotatable bonds is 3. The molecule has 0 aliphatic heterocycles. The van der Waals surface area contributed by atoms with Gasteiger partial charge in [-0.2, -0.15) is 9.07 Å². The highest BCUT2D eigenvalue weighted by Gasteiger charge is 2.46. The summed E-state index contributed by atoms with van der Waals surface area (Å²) in [4.78, 5) is 9.51. The quantitative estimate of drug-likeness (QED) is 0.609. The maximum absolute atomic E-state index is 13.3. The minimum Gasteiger partial charge on any atom is -0.358 e. The van der Waals surface area contributed by atoms with Crippen molar-refractivity contribution >= 4 is 5.82 Å². The third-order valence-electron chi connectivity index (χ3n) is 2.90. The van der Waals surface area contributed by atoms with E-state index in [2.05, 4.69) is 5.10 Å². The number of hydrogen-bond donors (Lipinski definition) is 0. The summed E-state index contributed by atoms with van der Waals surface area (Å²) in [6.07, 6.45) is -0.552. The Hall–Kier alpha value is -1.60. The molecule has 1 heterocycles. The van der Waals surface area contributed by atoms with Crippen LogP contribution in [0.5, 0.6) is 0 Å². The molecule has 94 valence electrons. The number of halogens is 3. The summed E-state index contributed by atoms with van der Waals surface area (Å²) in [7, 11) is 0. The Morgan fingerprint density at radius 3 is 2.59 bits per heavy atom. The molecule has 5 nitrogen and oxygen atoms in total. The largest absolute Gasteiger partial charge is 0.426 e. The van der Waals surface area contributed by atoms with Crippen LogP contribution < -0.4 is 0 Å². The minimum atomic E-state index is -2.66. The first kappa shape index (κ1) is 11.9. The van der Waals surface area contributed by atoms with Crippen molar-refractivity contribution in [1.29, 1.82) is 0 Å². The van der Waals surface area contributed by atoms with Crippen molar-refractivity contribution in [2.75, 3.05) is 0 Å². The Labute approximate surface area is 94.4 Å². The monoisotopic (exact) mass is 249 g/mol. The Morgan fingerprint density at radius 2 is 2.18 bits per heavy atom. The topological polar surface area (TPSA) is 61.0 Å². The fourth-order valence-electron chi connectivity index (χ4n) is 1.96. The van der Waals surface area contributed by atoms with Crippen LogP contribution in [-0.4, -0.2) is 20.6 Å². The SMILES string of the molecule is Cc1c(F)c([N+](=O)[O-])nn1CC1CC(F)(F)C1. The number of nitrogens with zero attached hydrogens (tertiary/aromatic N) is 3. The van der Waals surface area contributed by atoms with Gasteiger partial charge in [0.15, 0.2) is 0 Å². The van der Waals surface area contributed by atoms with Gasteiger partial charge in [-0.25, -0.2) is 8.78 Å². The van der Waals surface area contributed by atoms with E-state index in [4.69, 9.17) is 0 Å². The van der Waals surface area contributed by atoms with E-state index in [0.29, 0.717) is 0 Å². The second-order valence-corrected chi connectivity index (χ2v) is 4.29. The van der Waals surface area contributed by atoms with Crippen molar-refractivity contribution in [3.05, 3.63) is 21.6 Å². The highest BCUT2D eigenvalue weighted by atomic mass is 19.3. The van der Waals surface area contributed by atoms with Gasteiger partial charge in [-0.1, -0.05) is 0 Å². The first-order valence-corrected chi connectivity index (χ1v) is 5.05. The molecule has 1 aliphatic rings.